The van der Waals surface area contributed by atoms with E-state index >= 15 is 0 Å². The first-order valence-electron chi connectivity index (χ1n) is 10.0. The standard InChI is InChI=1S/C20H30N2O3S2/c1-26-19-11-10-17(27(24,25)22-14-8-4-5-9-15-22)16-18(19)20(23)21-12-6-2-3-7-13-21/h10-11,16H,2-9,12-15H2,1H3. The molecule has 1 amide bonds. The Labute approximate surface area is 167 Å². The van der Waals surface area contributed by atoms with Crippen LogP contribution in [0, 0.1) is 0 Å². The number of likely N-dealkylation sites (tertiary alicyclic amines) is 1. The van der Waals surface area contributed by atoms with Gasteiger partial charge in [-0.1, -0.05) is 25.7 Å². The lowest BCUT2D eigenvalue weighted by Crippen LogP contribution is -2.33. The van der Waals surface area contributed by atoms with Gasteiger partial charge in [-0.15, -0.1) is 11.8 Å². The van der Waals surface area contributed by atoms with Gasteiger partial charge < -0.3 is 4.90 Å². The van der Waals surface area contributed by atoms with Crippen LogP contribution in [0.25, 0.3) is 0 Å². The van der Waals surface area contributed by atoms with E-state index in [2.05, 4.69) is 0 Å². The molecule has 0 N–H and O–H groups in total. The monoisotopic (exact) mass is 410 g/mol. The zero-order valence-corrected chi connectivity index (χ0v) is 17.8. The van der Waals surface area contributed by atoms with E-state index < -0.39 is 10.0 Å². The van der Waals surface area contributed by atoms with Crippen LogP contribution in [-0.4, -0.2) is 56.0 Å². The molecule has 2 aliphatic heterocycles. The van der Waals surface area contributed by atoms with Gasteiger partial charge in [0.25, 0.3) is 5.91 Å². The molecule has 7 heteroatoms. The van der Waals surface area contributed by atoms with Gasteiger partial charge >= 0.3 is 0 Å². The highest BCUT2D eigenvalue weighted by Crippen LogP contribution is 2.28. The van der Waals surface area contributed by atoms with Crippen LogP contribution in [0.5, 0.6) is 0 Å². The zero-order valence-electron chi connectivity index (χ0n) is 16.2. The van der Waals surface area contributed by atoms with E-state index in [-0.39, 0.29) is 10.8 Å². The molecule has 2 saturated heterocycles. The number of hydrogen-bond donors (Lipinski definition) is 0. The van der Waals surface area contributed by atoms with Crippen molar-refractivity contribution >= 4 is 27.7 Å². The number of sulfonamides is 1. The lowest BCUT2D eigenvalue weighted by atomic mass is 10.2. The third-order valence-corrected chi connectivity index (χ3v) is 8.19. The summed E-state index contributed by atoms with van der Waals surface area (Å²) in [4.78, 5) is 16.1. The van der Waals surface area contributed by atoms with Crippen molar-refractivity contribution in [3.05, 3.63) is 23.8 Å². The Bertz CT molecular complexity index is 748. The first-order valence-corrected chi connectivity index (χ1v) is 12.7. The maximum absolute atomic E-state index is 13.1. The molecule has 0 aromatic heterocycles. The van der Waals surface area contributed by atoms with Gasteiger partial charge in [-0.05, 0) is 50.1 Å². The third-order valence-electron chi connectivity index (χ3n) is 5.50. The van der Waals surface area contributed by atoms with Gasteiger partial charge in [0.1, 0.15) is 0 Å². The Balaban J connectivity index is 1.91. The summed E-state index contributed by atoms with van der Waals surface area (Å²) in [5.41, 5.74) is 0.528. The zero-order chi connectivity index (χ0) is 19.3. The van der Waals surface area contributed by atoms with Crippen molar-refractivity contribution in [2.24, 2.45) is 0 Å². The maximum Gasteiger partial charge on any atom is 0.255 e. The highest BCUT2D eigenvalue weighted by molar-refractivity contribution is 7.98. The predicted molar refractivity (Wildman–Crippen MR) is 110 cm³/mol. The lowest BCUT2D eigenvalue weighted by Gasteiger charge is -2.23. The van der Waals surface area contributed by atoms with Crippen molar-refractivity contribution in [3.63, 3.8) is 0 Å². The van der Waals surface area contributed by atoms with Crippen molar-refractivity contribution in [1.82, 2.24) is 9.21 Å². The van der Waals surface area contributed by atoms with Gasteiger partial charge in [0.2, 0.25) is 10.0 Å². The average molecular weight is 411 g/mol. The Hall–Kier alpha value is -1.05. The molecular formula is C20H30N2O3S2. The molecule has 0 radical (unpaired) electrons. The fourth-order valence-electron chi connectivity index (χ4n) is 3.89. The smallest absolute Gasteiger partial charge is 0.255 e. The predicted octanol–water partition coefficient (Wildman–Crippen LogP) is 3.99. The maximum atomic E-state index is 13.1. The molecule has 0 aliphatic carbocycles. The molecule has 0 unspecified atom stereocenters. The van der Waals surface area contributed by atoms with Gasteiger partial charge in [-0.25, -0.2) is 8.42 Å². The van der Waals surface area contributed by atoms with E-state index in [1.165, 1.54) is 11.8 Å². The first-order chi connectivity index (χ1) is 13.0. The number of carbonyl (C=O) groups is 1. The normalized spacial score (nSPS) is 20.1. The summed E-state index contributed by atoms with van der Waals surface area (Å²) in [6, 6.07) is 5.06. The molecule has 0 saturated carbocycles. The molecule has 0 bridgehead atoms. The highest BCUT2D eigenvalue weighted by Gasteiger charge is 2.28. The summed E-state index contributed by atoms with van der Waals surface area (Å²) in [6.45, 7) is 2.66. The number of benzene rings is 1. The average Bonchev–Trinajstić information content (AvgIpc) is 3.12. The Morgan fingerprint density at radius 3 is 2.00 bits per heavy atom. The van der Waals surface area contributed by atoms with Crippen LogP contribution < -0.4 is 0 Å². The summed E-state index contributed by atoms with van der Waals surface area (Å²) in [5, 5.41) is 0. The third kappa shape index (κ3) is 4.87. The van der Waals surface area contributed by atoms with E-state index in [0.29, 0.717) is 18.7 Å². The Morgan fingerprint density at radius 1 is 0.889 bits per heavy atom. The van der Waals surface area contributed by atoms with E-state index in [0.717, 1.165) is 69.4 Å². The van der Waals surface area contributed by atoms with E-state index in [1.54, 1.807) is 22.5 Å². The molecule has 1 aromatic rings. The lowest BCUT2D eigenvalue weighted by molar-refractivity contribution is 0.0758. The summed E-state index contributed by atoms with van der Waals surface area (Å²) >= 11 is 1.50. The minimum atomic E-state index is -3.55. The van der Waals surface area contributed by atoms with Crippen LogP contribution in [0.4, 0.5) is 0 Å². The van der Waals surface area contributed by atoms with Crippen molar-refractivity contribution in [2.75, 3.05) is 32.4 Å². The molecule has 2 heterocycles. The molecule has 5 nitrogen and oxygen atoms in total. The largest absolute Gasteiger partial charge is 0.339 e. The van der Waals surface area contributed by atoms with Crippen LogP contribution in [0.1, 0.15) is 61.7 Å². The van der Waals surface area contributed by atoms with Crippen LogP contribution in [-0.2, 0) is 10.0 Å². The summed E-state index contributed by atoms with van der Waals surface area (Å²) in [5.74, 6) is -0.0332. The van der Waals surface area contributed by atoms with Crippen molar-refractivity contribution in [1.29, 1.82) is 0 Å². The van der Waals surface area contributed by atoms with E-state index in [4.69, 9.17) is 0 Å². The number of thioether (sulfide) groups is 1. The number of carbonyl (C=O) groups excluding carboxylic acids is 1. The minimum Gasteiger partial charge on any atom is -0.339 e. The number of rotatable bonds is 4. The second-order valence-corrected chi connectivity index (χ2v) is 10.2. The topological polar surface area (TPSA) is 57.7 Å². The second kappa shape index (κ2) is 9.43. The molecule has 2 aliphatic rings. The molecule has 2 fully saturated rings. The van der Waals surface area contributed by atoms with E-state index in [9.17, 15) is 13.2 Å². The molecule has 3 rings (SSSR count). The molecule has 0 atom stereocenters. The summed E-state index contributed by atoms with van der Waals surface area (Å²) < 4.78 is 27.9. The number of amides is 1. The number of hydrogen-bond acceptors (Lipinski definition) is 4. The van der Waals surface area contributed by atoms with Gasteiger partial charge in [0.15, 0.2) is 0 Å². The SMILES string of the molecule is CSc1ccc(S(=O)(=O)N2CCCCCC2)cc1C(=O)N1CCCCCC1. The highest BCUT2D eigenvalue weighted by atomic mass is 32.2. The molecule has 27 heavy (non-hydrogen) atoms. The van der Waals surface area contributed by atoms with Crippen molar-refractivity contribution in [3.8, 4) is 0 Å². The molecular weight excluding hydrogens is 380 g/mol. The Kier molecular flexibility index (Phi) is 7.22. The number of nitrogens with zero attached hydrogens (tertiary/aromatic N) is 2. The van der Waals surface area contributed by atoms with Gasteiger partial charge in [0.05, 0.1) is 10.5 Å². The van der Waals surface area contributed by atoms with E-state index in [1.807, 2.05) is 11.2 Å². The van der Waals surface area contributed by atoms with Crippen molar-refractivity contribution in [2.45, 2.75) is 61.2 Å². The van der Waals surface area contributed by atoms with Gasteiger partial charge in [-0.2, -0.15) is 4.31 Å². The van der Waals surface area contributed by atoms with Crippen LogP contribution in [0.2, 0.25) is 0 Å². The van der Waals surface area contributed by atoms with Crippen molar-refractivity contribution < 1.29 is 13.2 Å². The van der Waals surface area contributed by atoms with Crippen LogP contribution in [0.3, 0.4) is 0 Å². The van der Waals surface area contributed by atoms with Gasteiger partial charge in [-0.3, -0.25) is 4.79 Å². The second-order valence-electron chi connectivity index (χ2n) is 7.39. The van der Waals surface area contributed by atoms with Gasteiger partial charge in [0, 0.05) is 31.1 Å². The molecule has 150 valence electrons. The summed E-state index contributed by atoms with van der Waals surface area (Å²) in [7, 11) is -3.55. The fourth-order valence-corrected chi connectivity index (χ4v) is 6.00. The Morgan fingerprint density at radius 2 is 1.44 bits per heavy atom. The summed E-state index contributed by atoms with van der Waals surface area (Å²) in [6.07, 6.45) is 10.2. The van der Waals surface area contributed by atoms with Crippen LogP contribution >= 0.6 is 11.8 Å². The molecule has 1 aromatic carbocycles. The fraction of sp³-hybridized carbons (Fsp3) is 0.650. The molecule has 0 spiro atoms. The first kappa shape index (κ1) is 20.7. The van der Waals surface area contributed by atoms with Crippen LogP contribution in [0.15, 0.2) is 28.0 Å². The quantitative estimate of drug-likeness (QED) is 0.704. The minimum absolute atomic E-state index is 0.0332.